The number of oxazole rings is 1. The Balaban J connectivity index is 0.00000320. The number of nitrogens with one attached hydrogen (secondary N) is 1. The lowest BCUT2D eigenvalue weighted by Gasteiger charge is -2.39. The molecule has 0 amide bonds. The van der Waals surface area contributed by atoms with Gasteiger partial charge in [0.1, 0.15) is 12.3 Å². The highest BCUT2D eigenvalue weighted by molar-refractivity contribution is 14.0. The van der Waals surface area contributed by atoms with Crippen molar-refractivity contribution in [2.75, 3.05) is 33.2 Å². The first kappa shape index (κ1) is 24.4. The lowest BCUT2D eigenvalue weighted by Crippen LogP contribution is -2.56. The van der Waals surface area contributed by atoms with Gasteiger partial charge >= 0.3 is 6.18 Å². The predicted molar refractivity (Wildman–Crippen MR) is 121 cm³/mol. The quantitative estimate of drug-likeness (QED) is 0.364. The van der Waals surface area contributed by atoms with Gasteiger partial charge in [-0.1, -0.05) is 17.7 Å². The van der Waals surface area contributed by atoms with E-state index in [-0.39, 0.29) is 24.0 Å². The third kappa shape index (κ3) is 6.10. The topological polar surface area (TPSA) is 56.9 Å². The van der Waals surface area contributed by atoms with Crippen molar-refractivity contribution < 1.29 is 17.6 Å². The maximum Gasteiger partial charge on any atom is 0.403 e. The number of aromatic nitrogens is 1. The average molecular weight is 537 g/mol. The van der Waals surface area contributed by atoms with E-state index in [4.69, 9.17) is 4.42 Å². The van der Waals surface area contributed by atoms with E-state index in [1.807, 2.05) is 36.1 Å². The number of guanidine groups is 1. The van der Waals surface area contributed by atoms with E-state index in [0.717, 1.165) is 16.8 Å². The maximum absolute atomic E-state index is 12.9. The van der Waals surface area contributed by atoms with E-state index in [9.17, 15) is 13.2 Å². The third-order valence-electron chi connectivity index (χ3n) is 5.12. The summed E-state index contributed by atoms with van der Waals surface area (Å²) < 4.78 is 44.3. The number of rotatable bonds is 4. The molecule has 1 aromatic heterocycles. The highest BCUT2D eigenvalue weighted by atomic mass is 127. The van der Waals surface area contributed by atoms with E-state index in [1.54, 1.807) is 13.3 Å². The zero-order chi connectivity index (χ0) is 21.0. The van der Waals surface area contributed by atoms with Crippen LogP contribution in [0.3, 0.4) is 0 Å². The van der Waals surface area contributed by atoms with Gasteiger partial charge in [-0.05, 0) is 26.0 Å². The highest BCUT2D eigenvalue weighted by Gasteiger charge is 2.41. The molecule has 1 unspecified atom stereocenters. The summed E-state index contributed by atoms with van der Waals surface area (Å²) in [5.74, 6) is 1.19. The molecule has 0 spiro atoms. The number of benzene rings is 1. The number of piperazine rings is 1. The van der Waals surface area contributed by atoms with E-state index in [2.05, 4.69) is 15.3 Å². The summed E-state index contributed by atoms with van der Waals surface area (Å²) in [7, 11) is 1.66. The average Bonchev–Trinajstić information content (AvgIpc) is 3.17. The van der Waals surface area contributed by atoms with Crippen LogP contribution in [0.25, 0.3) is 11.5 Å². The van der Waals surface area contributed by atoms with Gasteiger partial charge in [0.25, 0.3) is 0 Å². The molecule has 1 aromatic carbocycles. The molecule has 1 atom stereocenters. The van der Waals surface area contributed by atoms with E-state index < -0.39 is 12.2 Å². The molecule has 0 radical (unpaired) electrons. The number of halogens is 4. The summed E-state index contributed by atoms with van der Waals surface area (Å²) in [6.45, 7) is 5.27. The molecular weight excluding hydrogens is 510 g/mol. The molecule has 166 valence electrons. The normalized spacial score (nSPS) is 16.9. The van der Waals surface area contributed by atoms with Gasteiger partial charge < -0.3 is 14.6 Å². The van der Waals surface area contributed by atoms with Crippen LogP contribution in [0.5, 0.6) is 0 Å². The van der Waals surface area contributed by atoms with Crippen molar-refractivity contribution in [3.05, 3.63) is 41.8 Å². The summed E-state index contributed by atoms with van der Waals surface area (Å²) in [6.07, 6.45) is -2.61. The molecule has 1 aliphatic heterocycles. The molecule has 1 aliphatic rings. The Kier molecular flexibility index (Phi) is 8.53. The molecule has 30 heavy (non-hydrogen) atoms. The molecule has 1 saturated heterocycles. The van der Waals surface area contributed by atoms with Gasteiger partial charge in [-0.25, -0.2) is 4.98 Å². The van der Waals surface area contributed by atoms with Crippen LogP contribution in [0.15, 0.2) is 39.9 Å². The zero-order valence-electron chi connectivity index (χ0n) is 17.2. The van der Waals surface area contributed by atoms with Crippen LogP contribution < -0.4 is 5.32 Å². The second-order valence-corrected chi connectivity index (χ2v) is 7.15. The number of aryl methyl sites for hydroxylation is 1. The molecule has 1 N–H and O–H groups in total. The van der Waals surface area contributed by atoms with Crippen LogP contribution in [-0.4, -0.2) is 66.2 Å². The van der Waals surface area contributed by atoms with Crippen molar-refractivity contribution >= 4 is 29.9 Å². The van der Waals surface area contributed by atoms with Crippen LogP contribution in [-0.2, 0) is 6.54 Å². The van der Waals surface area contributed by atoms with E-state index in [1.165, 1.54) is 11.8 Å². The van der Waals surface area contributed by atoms with Crippen molar-refractivity contribution in [3.8, 4) is 11.5 Å². The monoisotopic (exact) mass is 537 g/mol. The Bertz CT molecular complexity index is 830. The summed E-state index contributed by atoms with van der Waals surface area (Å²) in [4.78, 5) is 12.2. The fourth-order valence-corrected chi connectivity index (χ4v) is 3.25. The van der Waals surface area contributed by atoms with Gasteiger partial charge in [0.05, 0.1) is 12.2 Å². The standard InChI is InChI=1S/C20H26F3N5O.HI/c1-14-4-6-16(7-5-14)18-26-17(13-29-18)12-25-19(24-3)28-10-8-27(9-11-28)15(2)20(21,22)23;/h4-7,13,15H,8-12H2,1-3H3,(H,24,25);1H. The smallest absolute Gasteiger partial charge is 0.403 e. The molecule has 0 aliphatic carbocycles. The van der Waals surface area contributed by atoms with Gasteiger partial charge in [0, 0.05) is 38.8 Å². The molecule has 1 fully saturated rings. The van der Waals surface area contributed by atoms with Crippen LogP contribution in [0.1, 0.15) is 18.2 Å². The summed E-state index contributed by atoms with van der Waals surface area (Å²) in [5.41, 5.74) is 2.79. The largest absolute Gasteiger partial charge is 0.444 e. The Morgan fingerprint density at radius 1 is 1.20 bits per heavy atom. The van der Waals surface area contributed by atoms with Gasteiger partial charge in [-0.15, -0.1) is 24.0 Å². The van der Waals surface area contributed by atoms with Crippen LogP contribution in [0.2, 0.25) is 0 Å². The number of hydrogen-bond donors (Lipinski definition) is 1. The van der Waals surface area contributed by atoms with Gasteiger partial charge in [-0.3, -0.25) is 9.89 Å². The molecule has 2 heterocycles. The summed E-state index contributed by atoms with van der Waals surface area (Å²) >= 11 is 0. The molecule has 10 heteroatoms. The summed E-state index contributed by atoms with van der Waals surface area (Å²) in [6, 6.07) is 6.48. The number of nitrogens with zero attached hydrogens (tertiary/aromatic N) is 4. The first-order valence-corrected chi connectivity index (χ1v) is 9.55. The highest BCUT2D eigenvalue weighted by Crippen LogP contribution is 2.25. The fourth-order valence-electron chi connectivity index (χ4n) is 3.25. The lowest BCUT2D eigenvalue weighted by atomic mass is 10.1. The molecule has 2 aromatic rings. The minimum atomic E-state index is -4.20. The van der Waals surface area contributed by atoms with E-state index in [0.29, 0.717) is 44.6 Å². The molecule has 6 nitrogen and oxygen atoms in total. The van der Waals surface area contributed by atoms with Crippen LogP contribution in [0.4, 0.5) is 13.2 Å². The predicted octanol–water partition coefficient (Wildman–Crippen LogP) is 3.91. The zero-order valence-corrected chi connectivity index (χ0v) is 19.6. The lowest BCUT2D eigenvalue weighted by molar-refractivity contribution is -0.181. The Morgan fingerprint density at radius 3 is 2.40 bits per heavy atom. The van der Waals surface area contributed by atoms with Crippen molar-refractivity contribution in [3.63, 3.8) is 0 Å². The van der Waals surface area contributed by atoms with Crippen molar-refractivity contribution in [2.24, 2.45) is 4.99 Å². The molecule has 0 bridgehead atoms. The van der Waals surface area contributed by atoms with Gasteiger partial charge in [0.2, 0.25) is 5.89 Å². The molecular formula is C20H27F3IN5O. The SMILES string of the molecule is CN=C(NCc1coc(-c2ccc(C)cc2)n1)N1CCN(C(C)C(F)(F)F)CC1.I. The van der Waals surface area contributed by atoms with Crippen molar-refractivity contribution in [1.82, 2.24) is 20.1 Å². The Hall–Kier alpha value is -1.82. The Morgan fingerprint density at radius 2 is 1.83 bits per heavy atom. The number of aliphatic imine (C=N–C) groups is 1. The van der Waals surface area contributed by atoms with Gasteiger partial charge in [-0.2, -0.15) is 13.2 Å². The van der Waals surface area contributed by atoms with Crippen LogP contribution >= 0.6 is 24.0 Å². The van der Waals surface area contributed by atoms with Crippen LogP contribution in [0, 0.1) is 6.92 Å². The fraction of sp³-hybridized carbons (Fsp3) is 0.500. The number of alkyl halides is 3. The first-order chi connectivity index (χ1) is 13.8. The van der Waals surface area contributed by atoms with Gasteiger partial charge in [0.15, 0.2) is 5.96 Å². The Labute approximate surface area is 191 Å². The maximum atomic E-state index is 12.9. The molecule has 3 rings (SSSR count). The second kappa shape index (κ2) is 10.5. The van der Waals surface area contributed by atoms with Crippen molar-refractivity contribution in [1.29, 1.82) is 0 Å². The third-order valence-corrected chi connectivity index (χ3v) is 5.12. The van der Waals surface area contributed by atoms with Crippen molar-refractivity contribution in [2.45, 2.75) is 32.6 Å². The minimum Gasteiger partial charge on any atom is -0.444 e. The minimum absolute atomic E-state index is 0. The molecule has 0 saturated carbocycles. The second-order valence-electron chi connectivity index (χ2n) is 7.15. The van der Waals surface area contributed by atoms with E-state index >= 15 is 0 Å². The number of hydrogen-bond acceptors (Lipinski definition) is 4. The summed E-state index contributed by atoms with van der Waals surface area (Å²) in [5, 5.41) is 3.22. The first-order valence-electron chi connectivity index (χ1n) is 9.55.